The van der Waals surface area contributed by atoms with E-state index in [0.29, 0.717) is 0 Å². The number of hydrogen-bond donors (Lipinski definition) is 0. The molecule has 0 aliphatic heterocycles. The first-order valence-electron chi connectivity index (χ1n) is 5.87. The molecule has 1 fully saturated rings. The average Bonchev–Trinajstić information content (AvgIpc) is 2.50. The van der Waals surface area contributed by atoms with Crippen LogP contribution in [-0.2, 0) is 9.47 Å². The second-order valence-electron chi connectivity index (χ2n) is 5.06. The van der Waals surface area contributed by atoms with E-state index in [1.165, 1.54) is 0 Å². The van der Waals surface area contributed by atoms with E-state index in [2.05, 4.69) is 9.47 Å². The zero-order valence-electron chi connectivity index (χ0n) is 12.1. The fraction of sp³-hybridized carbons (Fsp3) is 1.00. The van der Waals surface area contributed by atoms with Gasteiger partial charge in [0.25, 0.3) is 0 Å². The van der Waals surface area contributed by atoms with E-state index < -0.39 is 61.5 Å². The highest BCUT2D eigenvalue weighted by atomic mass is 19.4. The number of hydrogen-bond acceptors (Lipinski definition) is 2. The van der Waals surface area contributed by atoms with Gasteiger partial charge in [0, 0.05) is 14.2 Å². The number of rotatable bonds is 4. The molecule has 156 valence electrons. The van der Waals surface area contributed by atoms with Gasteiger partial charge in [0.1, 0.15) is 0 Å². The lowest BCUT2D eigenvalue weighted by atomic mass is 9.64. The lowest BCUT2D eigenvalue weighted by Crippen LogP contribution is -2.91. The van der Waals surface area contributed by atoms with Gasteiger partial charge < -0.3 is 9.47 Å². The summed E-state index contributed by atoms with van der Waals surface area (Å²) in [6.45, 7) is 0. The Balaban J connectivity index is 4.24. The zero-order chi connectivity index (χ0) is 21.4. The van der Waals surface area contributed by atoms with Crippen molar-refractivity contribution in [2.75, 3.05) is 14.2 Å². The highest BCUT2D eigenvalue weighted by Crippen LogP contribution is 2.74. The van der Waals surface area contributed by atoms with Crippen molar-refractivity contribution >= 4 is 0 Å². The Labute approximate surface area is 134 Å². The van der Waals surface area contributed by atoms with Crippen molar-refractivity contribution < 1.29 is 70.9 Å². The van der Waals surface area contributed by atoms with Crippen molar-refractivity contribution in [3.8, 4) is 0 Å². The molecule has 26 heavy (non-hydrogen) atoms. The maximum Gasteiger partial charge on any atom is 0.399 e. The summed E-state index contributed by atoms with van der Waals surface area (Å²) in [6, 6.07) is 0. The minimum absolute atomic E-state index is 0.550. The van der Waals surface area contributed by atoms with Crippen LogP contribution < -0.4 is 0 Å². The summed E-state index contributed by atoms with van der Waals surface area (Å²) in [5, 5.41) is 0. The van der Waals surface area contributed by atoms with Gasteiger partial charge in [-0.2, -0.15) is 52.7 Å². The Morgan fingerprint density at radius 2 is 0.654 bits per heavy atom. The first kappa shape index (κ1) is 23.0. The fourth-order valence-electron chi connectivity index (χ4n) is 2.31. The summed E-state index contributed by atoms with van der Waals surface area (Å²) < 4.78 is 195. The van der Waals surface area contributed by atoms with E-state index in [4.69, 9.17) is 0 Å². The van der Waals surface area contributed by atoms with Crippen LogP contribution >= 0.6 is 0 Å². The highest BCUT2D eigenvalue weighted by Gasteiger charge is 3.08. The first-order valence-corrected chi connectivity index (χ1v) is 5.87. The number of halogens is 14. The minimum atomic E-state index is -7.85. The maximum absolute atomic E-state index is 14.3. The van der Waals surface area contributed by atoms with E-state index in [-0.39, 0.29) is 0 Å². The largest absolute Gasteiger partial charge is 0.399 e. The molecule has 0 aromatic rings. The maximum atomic E-state index is 14.3. The van der Waals surface area contributed by atoms with Gasteiger partial charge in [-0.3, -0.25) is 0 Å². The molecule has 0 amide bonds. The van der Waals surface area contributed by atoms with Crippen molar-refractivity contribution in [3.05, 3.63) is 0 Å². The molecular weight excluding hydrogens is 418 g/mol. The van der Waals surface area contributed by atoms with Crippen LogP contribution in [-0.4, -0.2) is 61.5 Å². The summed E-state index contributed by atoms with van der Waals surface area (Å²) in [5.74, 6) is -31.2. The summed E-state index contributed by atoms with van der Waals surface area (Å²) in [6.07, 6.45) is -13.8. The van der Waals surface area contributed by atoms with Crippen LogP contribution in [0.25, 0.3) is 0 Å². The average molecular weight is 424 g/mol. The van der Waals surface area contributed by atoms with E-state index in [9.17, 15) is 61.5 Å². The predicted octanol–water partition coefficient (Wildman–Crippen LogP) is 4.44. The van der Waals surface area contributed by atoms with Crippen molar-refractivity contribution in [1.82, 2.24) is 0 Å². The molecule has 0 aromatic carbocycles. The molecule has 0 bridgehead atoms. The molecule has 0 heterocycles. The smallest absolute Gasteiger partial charge is 0.321 e. The van der Waals surface area contributed by atoms with Crippen LogP contribution in [0.15, 0.2) is 0 Å². The van der Waals surface area contributed by atoms with Crippen molar-refractivity contribution in [2.24, 2.45) is 0 Å². The lowest BCUT2D eigenvalue weighted by molar-refractivity contribution is -0.539. The molecular formula is C10H6F14O2. The molecule has 0 saturated heterocycles. The van der Waals surface area contributed by atoms with Crippen LogP contribution in [0.5, 0.6) is 0 Å². The van der Waals surface area contributed by atoms with Crippen LogP contribution in [0.3, 0.4) is 0 Å². The second kappa shape index (κ2) is 5.26. The van der Waals surface area contributed by atoms with Crippen LogP contribution in [0, 0.1) is 0 Å². The van der Waals surface area contributed by atoms with Crippen molar-refractivity contribution in [1.29, 1.82) is 0 Å². The van der Waals surface area contributed by atoms with Gasteiger partial charge in [-0.15, -0.1) is 0 Å². The lowest BCUT2D eigenvalue weighted by Gasteiger charge is -2.57. The SMILES string of the molecule is COC(F)(F)C1(F)C(F)(F)C(F)(F)C(F)(F)C(F)(F)C1(F)C(F)(F)OC. The minimum Gasteiger partial charge on any atom is -0.321 e. The predicted molar refractivity (Wildman–Crippen MR) is 51.4 cm³/mol. The molecule has 2 atom stereocenters. The van der Waals surface area contributed by atoms with Gasteiger partial charge in [0.15, 0.2) is 0 Å². The third-order valence-corrected chi connectivity index (χ3v) is 3.84. The van der Waals surface area contributed by atoms with E-state index in [1.54, 1.807) is 0 Å². The summed E-state index contributed by atoms with van der Waals surface area (Å²) in [5.41, 5.74) is -15.5. The normalized spacial score (nSPS) is 36.0. The molecule has 16 heteroatoms. The third-order valence-electron chi connectivity index (χ3n) is 3.84. The van der Waals surface area contributed by atoms with Gasteiger partial charge >= 0.3 is 47.2 Å². The number of ether oxygens (including phenoxy) is 2. The van der Waals surface area contributed by atoms with Gasteiger partial charge in [-0.05, 0) is 0 Å². The Morgan fingerprint density at radius 1 is 0.462 bits per heavy atom. The van der Waals surface area contributed by atoms with Crippen LogP contribution in [0.1, 0.15) is 0 Å². The third kappa shape index (κ3) is 1.87. The van der Waals surface area contributed by atoms with E-state index in [0.717, 1.165) is 0 Å². The molecule has 0 spiro atoms. The Kier molecular flexibility index (Phi) is 4.65. The van der Waals surface area contributed by atoms with E-state index in [1.807, 2.05) is 0 Å². The summed E-state index contributed by atoms with van der Waals surface area (Å²) in [4.78, 5) is 0. The molecule has 2 unspecified atom stereocenters. The highest BCUT2D eigenvalue weighted by molar-refractivity contribution is 5.33. The summed E-state index contributed by atoms with van der Waals surface area (Å²) >= 11 is 0. The number of methoxy groups -OCH3 is 2. The molecule has 1 rings (SSSR count). The van der Waals surface area contributed by atoms with Gasteiger partial charge in [0.2, 0.25) is 0 Å². The Morgan fingerprint density at radius 3 is 0.808 bits per heavy atom. The molecule has 0 N–H and O–H groups in total. The van der Waals surface area contributed by atoms with Crippen molar-refractivity contribution in [3.63, 3.8) is 0 Å². The first-order chi connectivity index (χ1) is 11.1. The van der Waals surface area contributed by atoms with Crippen LogP contribution in [0.4, 0.5) is 61.5 Å². The molecule has 1 saturated carbocycles. The number of alkyl halides is 14. The molecule has 0 radical (unpaired) electrons. The topological polar surface area (TPSA) is 18.5 Å². The summed E-state index contributed by atoms with van der Waals surface area (Å²) in [7, 11) is -1.10. The van der Waals surface area contributed by atoms with Gasteiger partial charge in [-0.1, -0.05) is 0 Å². The fourth-order valence-corrected chi connectivity index (χ4v) is 2.31. The van der Waals surface area contributed by atoms with Gasteiger partial charge in [-0.25, -0.2) is 8.78 Å². The molecule has 1 aliphatic carbocycles. The molecule has 0 aromatic heterocycles. The van der Waals surface area contributed by atoms with Crippen molar-refractivity contribution in [2.45, 2.75) is 47.2 Å². The molecule has 2 nitrogen and oxygen atoms in total. The zero-order valence-corrected chi connectivity index (χ0v) is 12.1. The Hall–Kier alpha value is -1.06. The molecule has 1 aliphatic rings. The van der Waals surface area contributed by atoms with Gasteiger partial charge in [0.05, 0.1) is 0 Å². The standard InChI is InChI=1S/C10H6F14O2/c1-25-9(21,22)3(11)4(12,10(23,24)26-2)6(15,16)8(19,20)7(17,18)5(3,13)14/h1-2H3. The van der Waals surface area contributed by atoms with Crippen LogP contribution in [0.2, 0.25) is 0 Å². The second-order valence-corrected chi connectivity index (χ2v) is 5.06. The van der Waals surface area contributed by atoms with E-state index >= 15 is 0 Å². The monoisotopic (exact) mass is 424 g/mol. The Bertz CT molecular complexity index is 524. The quantitative estimate of drug-likeness (QED) is 0.622.